The quantitative estimate of drug-likeness (QED) is 0.237. The van der Waals surface area contributed by atoms with Gasteiger partial charge in [0.2, 0.25) is 0 Å². The highest BCUT2D eigenvalue weighted by Crippen LogP contribution is 2.70. The van der Waals surface area contributed by atoms with Gasteiger partial charge in [0.1, 0.15) is 24.4 Å². The van der Waals surface area contributed by atoms with Crippen LogP contribution in [-0.4, -0.2) is 72.2 Å². The third-order valence-electron chi connectivity index (χ3n) is 11.0. The van der Waals surface area contributed by atoms with Crippen LogP contribution in [0.15, 0.2) is 72.3 Å². The van der Waals surface area contributed by atoms with E-state index < -0.39 is 64.0 Å². The number of rotatable bonds is 9. The Morgan fingerprint density at radius 1 is 0.935 bits per heavy atom. The average Bonchev–Trinajstić information content (AvgIpc) is 3.71. The van der Waals surface area contributed by atoms with Gasteiger partial charge < -0.3 is 28.8 Å². The minimum Gasteiger partial charge on any atom is -0.465 e. The Bertz CT molecular complexity index is 1530. The largest absolute Gasteiger partial charge is 0.465 e. The molecule has 2 aromatic carbocycles. The molecule has 0 aromatic heterocycles. The van der Waals surface area contributed by atoms with Crippen molar-refractivity contribution in [3.05, 3.63) is 83.4 Å². The van der Waals surface area contributed by atoms with E-state index in [2.05, 4.69) is 0 Å². The van der Waals surface area contributed by atoms with E-state index in [4.69, 9.17) is 23.7 Å². The van der Waals surface area contributed by atoms with Crippen LogP contribution in [0.1, 0.15) is 73.6 Å². The fourth-order valence-electron chi connectivity index (χ4n) is 8.29. The van der Waals surface area contributed by atoms with Gasteiger partial charge >= 0.3 is 23.9 Å². The number of carbonyl (C=O) groups excluding carboxylic acids is 4. The summed E-state index contributed by atoms with van der Waals surface area (Å²) in [5, 5.41) is 12.8. The zero-order valence-electron chi connectivity index (χ0n) is 26.4. The third-order valence-corrected chi connectivity index (χ3v) is 11.0. The molecule has 2 saturated carbocycles. The smallest absolute Gasteiger partial charge is 0.338 e. The third kappa shape index (κ3) is 5.31. The molecule has 1 N–H and O–H groups in total. The molecule has 0 bridgehead atoms. The summed E-state index contributed by atoms with van der Waals surface area (Å²) in [6, 6.07) is 16.9. The Balaban J connectivity index is 1.52. The lowest BCUT2D eigenvalue weighted by Gasteiger charge is -2.67. The number of epoxide rings is 1. The molecule has 6 rings (SSSR count). The molecule has 1 saturated heterocycles. The van der Waals surface area contributed by atoms with Gasteiger partial charge in [-0.1, -0.05) is 49.7 Å². The summed E-state index contributed by atoms with van der Waals surface area (Å²) in [5.74, 6) is -2.71. The molecular formula is C36H40O10. The van der Waals surface area contributed by atoms with E-state index in [0.29, 0.717) is 32.3 Å². The monoisotopic (exact) mass is 632 g/mol. The topological polar surface area (TPSA) is 138 Å². The number of cyclic esters (lactones) is 1. The normalized spacial score (nSPS) is 34.6. The van der Waals surface area contributed by atoms with Crippen LogP contribution in [0.3, 0.4) is 0 Å². The molecule has 2 aromatic rings. The molecule has 4 aliphatic rings. The summed E-state index contributed by atoms with van der Waals surface area (Å²) in [6.07, 6.45) is 1.61. The molecule has 3 fully saturated rings. The number of esters is 4. The molecule has 2 aliphatic carbocycles. The van der Waals surface area contributed by atoms with Gasteiger partial charge in [0.25, 0.3) is 0 Å². The Morgan fingerprint density at radius 3 is 2.04 bits per heavy atom. The van der Waals surface area contributed by atoms with E-state index in [1.807, 2.05) is 6.92 Å². The van der Waals surface area contributed by atoms with Crippen molar-refractivity contribution in [2.45, 2.75) is 76.3 Å². The summed E-state index contributed by atoms with van der Waals surface area (Å²) in [4.78, 5) is 52.0. The molecule has 1 spiro atoms. The first kappa shape index (κ1) is 31.9. The zero-order chi connectivity index (χ0) is 32.7. The lowest BCUT2D eigenvalue weighted by molar-refractivity contribution is -0.305. The van der Waals surface area contributed by atoms with Crippen molar-refractivity contribution in [2.24, 2.45) is 16.7 Å². The second-order valence-electron chi connectivity index (χ2n) is 13.4. The van der Waals surface area contributed by atoms with Crippen molar-refractivity contribution >= 4 is 23.9 Å². The lowest BCUT2D eigenvalue weighted by Crippen LogP contribution is -2.77. The maximum atomic E-state index is 13.9. The molecule has 244 valence electrons. The van der Waals surface area contributed by atoms with Crippen LogP contribution in [0.4, 0.5) is 0 Å². The first-order chi connectivity index (χ1) is 21.9. The van der Waals surface area contributed by atoms with E-state index in [1.54, 1.807) is 67.6 Å². The van der Waals surface area contributed by atoms with Crippen LogP contribution in [0.25, 0.3) is 0 Å². The van der Waals surface area contributed by atoms with E-state index in [-0.39, 0.29) is 24.3 Å². The molecular weight excluding hydrogens is 592 g/mol. The highest BCUT2D eigenvalue weighted by Gasteiger charge is 2.80. The number of aliphatic hydroxyl groups is 1. The summed E-state index contributed by atoms with van der Waals surface area (Å²) in [5.41, 5.74) is -3.47. The van der Waals surface area contributed by atoms with Crippen LogP contribution in [-0.2, 0) is 33.3 Å². The highest BCUT2D eigenvalue weighted by molar-refractivity contribution is 5.90. The standard InChI is InChI=1S/C36H40O10/c1-23(37)43-22-36-27(15-10-17-35(36)21-44-35)33(2,18-16-24-19-28(38)42-20-24)34(3,41)29(45-31(39)25-11-6-4-7-12-25)30(36)46-32(40)26-13-8-5-9-14-26/h4-9,11-14,19,27,29-30,41H,10,15-18,20-22H2,1-3H3/t27-,29+,30+,33-,34+,35+,36+/m1/s1. The number of benzene rings is 2. The van der Waals surface area contributed by atoms with Gasteiger partial charge in [-0.25, -0.2) is 14.4 Å². The van der Waals surface area contributed by atoms with Gasteiger partial charge in [-0.05, 0) is 68.4 Å². The second kappa shape index (κ2) is 12.0. The van der Waals surface area contributed by atoms with Crippen molar-refractivity contribution in [3.63, 3.8) is 0 Å². The minimum atomic E-state index is -1.76. The van der Waals surface area contributed by atoms with Crippen LogP contribution in [0.2, 0.25) is 0 Å². The van der Waals surface area contributed by atoms with E-state index in [9.17, 15) is 24.3 Å². The van der Waals surface area contributed by atoms with Crippen LogP contribution in [0.5, 0.6) is 0 Å². The Labute approximate surface area is 268 Å². The lowest BCUT2D eigenvalue weighted by atomic mass is 9.41. The van der Waals surface area contributed by atoms with Gasteiger partial charge in [-0.15, -0.1) is 0 Å². The van der Waals surface area contributed by atoms with Crippen molar-refractivity contribution in [1.29, 1.82) is 0 Å². The number of fused-ring (bicyclic) bond motifs is 2. The summed E-state index contributed by atoms with van der Waals surface area (Å²) < 4.78 is 29.9. The van der Waals surface area contributed by atoms with Gasteiger partial charge in [0.15, 0.2) is 12.2 Å². The molecule has 2 aliphatic heterocycles. The fraction of sp³-hybridized carbons (Fsp3) is 0.500. The minimum absolute atomic E-state index is 0.164. The predicted octanol–water partition coefficient (Wildman–Crippen LogP) is 4.59. The summed E-state index contributed by atoms with van der Waals surface area (Å²) in [7, 11) is 0. The average molecular weight is 633 g/mol. The van der Waals surface area contributed by atoms with Gasteiger partial charge in [0.05, 0.1) is 23.1 Å². The van der Waals surface area contributed by atoms with Gasteiger partial charge in [-0.3, -0.25) is 4.79 Å². The molecule has 10 nitrogen and oxygen atoms in total. The van der Waals surface area contributed by atoms with Crippen molar-refractivity contribution in [2.75, 3.05) is 19.8 Å². The highest BCUT2D eigenvalue weighted by atomic mass is 16.6. The molecule has 10 heteroatoms. The second-order valence-corrected chi connectivity index (χ2v) is 13.4. The van der Waals surface area contributed by atoms with Gasteiger partial charge in [0, 0.05) is 18.4 Å². The molecule has 0 unspecified atom stereocenters. The molecule has 46 heavy (non-hydrogen) atoms. The van der Waals surface area contributed by atoms with Gasteiger partial charge in [-0.2, -0.15) is 0 Å². The van der Waals surface area contributed by atoms with E-state index >= 15 is 0 Å². The zero-order valence-corrected chi connectivity index (χ0v) is 26.4. The summed E-state index contributed by atoms with van der Waals surface area (Å²) in [6.45, 7) is 5.20. The maximum absolute atomic E-state index is 13.9. The Kier molecular flexibility index (Phi) is 8.31. The summed E-state index contributed by atoms with van der Waals surface area (Å²) >= 11 is 0. The number of ether oxygens (including phenoxy) is 5. The Morgan fingerprint density at radius 2 is 1.52 bits per heavy atom. The number of carbonyl (C=O) groups is 4. The van der Waals surface area contributed by atoms with Crippen LogP contribution >= 0.6 is 0 Å². The van der Waals surface area contributed by atoms with Crippen LogP contribution < -0.4 is 0 Å². The molecule has 0 amide bonds. The predicted molar refractivity (Wildman–Crippen MR) is 163 cm³/mol. The maximum Gasteiger partial charge on any atom is 0.338 e. The Hall–Kier alpha value is -4.02. The SMILES string of the molecule is CC(=O)OC[C@@]12[C@@H](OC(=O)c3ccccc3)[C@H](OC(=O)c3ccccc3)[C@](C)(O)[C@](C)(CCC3=CC(=O)OC3)[C@H]1CCC[C@]21CO1. The first-order valence-electron chi connectivity index (χ1n) is 15.8. The molecule has 0 radical (unpaired) electrons. The number of hydrogen-bond donors (Lipinski definition) is 1. The fourth-order valence-corrected chi connectivity index (χ4v) is 8.29. The van der Waals surface area contributed by atoms with Crippen LogP contribution in [0, 0.1) is 16.7 Å². The van der Waals surface area contributed by atoms with Crippen molar-refractivity contribution in [1.82, 2.24) is 0 Å². The van der Waals surface area contributed by atoms with Crippen molar-refractivity contribution in [3.8, 4) is 0 Å². The van der Waals surface area contributed by atoms with E-state index in [0.717, 1.165) is 12.0 Å². The molecule has 2 heterocycles. The number of hydrogen-bond acceptors (Lipinski definition) is 10. The van der Waals surface area contributed by atoms with E-state index in [1.165, 1.54) is 13.0 Å². The molecule has 7 atom stereocenters. The van der Waals surface area contributed by atoms with Crippen molar-refractivity contribution < 1.29 is 48.0 Å². The first-order valence-corrected chi connectivity index (χ1v) is 15.8.